The van der Waals surface area contributed by atoms with Gasteiger partial charge >= 0.3 is 5.97 Å². The molecule has 0 spiro atoms. The largest absolute Gasteiger partial charge is 0.480 e. The van der Waals surface area contributed by atoms with Gasteiger partial charge in [-0.05, 0) is 23.3 Å². The van der Waals surface area contributed by atoms with Gasteiger partial charge in [-0.15, -0.1) is 12.4 Å². The molecule has 1 heterocycles. The maximum atomic E-state index is 10.7. The first-order valence-electron chi connectivity index (χ1n) is 10.8. The van der Waals surface area contributed by atoms with E-state index in [4.69, 9.17) is 26.9 Å². The number of ether oxygens (including phenoxy) is 1. The van der Waals surface area contributed by atoms with E-state index in [-0.39, 0.29) is 31.5 Å². The minimum absolute atomic E-state index is 0. The van der Waals surface area contributed by atoms with Crippen molar-refractivity contribution in [2.24, 2.45) is 0 Å². The number of carboxylic acid groups (broad SMARTS) is 1. The Kier molecular flexibility index (Phi) is 7.02. The van der Waals surface area contributed by atoms with Crippen LogP contribution in [-0.2, 0) is 9.53 Å². The molecule has 2 aromatic carbocycles. The van der Waals surface area contributed by atoms with Crippen molar-refractivity contribution in [2.45, 2.75) is 6.04 Å². The molecule has 0 unspecified atom stereocenters. The molecule has 152 valence electrons. The molecule has 1 saturated heterocycles. The first-order chi connectivity index (χ1) is 14.6. The van der Waals surface area contributed by atoms with Crippen molar-refractivity contribution in [2.75, 3.05) is 45.8 Å². The van der Waals surface area contributed by atoms with E-state index >= 15 is 0 Å². The highest BCUT2D eigenvalue weighted by molar-refractivity contribution is 6.30. The van der Waals surface area contributed by atoms with Crippen molar-refractivity contribution < 1.29 is 20.1 Å². The van der Waals surface area contributed by atoms with Crippen molar-refractivity contribution in [1.29, 1.82) is 0 Å². The van der Waals surface area contributed by atoms with Crippen LogP contribution in [0.15, 0.2) is 54.6 Å². The lowest BCUT2D eigenvalue weighted by atomic mass is 9.96. The molecule has 28 heavy (non-hydrogen) atoms. The van der Waals surface area contributed by atoms with Gasteiger partial charge in [-0.25, -0.2) is 4.79 Å². The van der Waals surface area contributed by atoms with Crippen LogP contribution in [0.25, 0.3) is 0 Å². The number of carbonyl (C=O) groups is 1. The number of aliphatic carboxylic acids is 1. The van der Waals surface area contributed by atoms with Gasteiger partial charge in [0.05, 0.1) is 15.3 Å². The molecule has 0 radical (unpaired) electrons. The summed E-state index contributed by atoms with van der Waals surface area (Å²) in [7, 11) is 0. The quantitative estimate of drug-likeness (QED) is 0.696. The fraction of sp³-hybridized carbons (Fsp3) is 0.381. The van der Waals surface area contributed by atoms with E-state index in [1.54, 1.807) is 0 Å². The van der Waals surface area contributed by atoms with Crippen LogP contribution in [0, 0.1) is 0 Å². The first kappa shape index (κ1) is 17.2. The Hall–Kier alpha value is -1.63. The zero-order valence-electron chi connectivity index (χ0n) is 19.3. The second-order valence-electron chi connectivity index (χ2n) is 6.28. The number of hydrogen-bond donors (Lipinski definition) is 1. The highest BCUT2D eigenvalue weighted by atomic mass is 35.5. The number of piperazine rings is 1. The predicted octanol–water partition coefficient (Wildman–Crippen LogP) is 3.57. The fourth-order valence-electron chi connectivity index (χ4n) is 3.18. The van der Waals surface area contributed by atoms with Crippen LogP contribution in [0.5, 0.6) is 0 Å². The molecule has 1 fully saturated rings. The molecular formula is C21H26Cl2N2O3. The molecule has 0 aromatic heterocycles. The Labute approximate surface area is 182 Å². The number of nitrogens with zero attached hydrogens (tertiary/aromatic N) is 2. The van der Waals surface area contributed by atoms with E-state index in [1.165, 1.54) is 4.90 Å². The van der Waals surface area contributed by atoms with Crippen LogP contribution in [0.3, 0.4) is 0 Å². The van der Waals surface area contributed by atoms with Gasteiger partial charge in [0, 0.05) is 40.4 Å². The molecule has 0 saturated carbocycles. The Morgan fingerprint density at radius 1 is 1.07 bits per heavy atom. The van der Waals surface area contributed by atoms with E-state index in [2.05, 4.69) is 4.90 Å². The van der Waals surface area contributed by atoms with Gasteiger partial charge in [0.2, 0.25) is 0 Å². The molecule has 5 nitrogen and oxygen atoms in total. The smallest absolute Gasteiger partial charge is 0.329 e. The zero-order chi connectivity index (χ0) is 22.6. The normalized spacial score (nSPS) is 19.5. The minimum Gasteiger partial charge on any atom is -0.480 e. The van der Waals surface area contributed by atoms with Gasteiger partial charge < -0.3 is 9.84 Å². The molecular weight excluding hydrogens is 399 g/mol. The lowest BCUT2D eigenvalue weighted by Crippen LogP contribution is -2.48. The summed E-state index contributed by atoms with van der Waals surface area (Å²) in [6.45, 7) is -4.62. The van der Waals surface area contributed by atoms with E-state index in [1.807, 2.05) is 54.6 Å². The van der Waals surface area contributed by atoms with Gasteiger partial charge in [-0.1, -0.05) is 54.1 Å². The van der Waals surface area contributed by atoms with Crippen molar-refractivity contribution in [3.05, 3.63) is 70.7 Å². The van der Waals surface area contributed by atoms with Crippen LogP contribution in [0.1, 0.15) is 22.7 Å². The Balaban J connectivity index is 0.00000363. The molecule has 1 aliphatic heterocycles. The average molecular weight is 429 g/mol. The van der Waals surface area contributed by atoms with Crippen LogP contribution in [0.2, 0.25) is 5.02 Å². The first-order valence-corrected chi connectivity index (χ1v) is 9.15. The summed E-state index contributed by atoms with van der Waals surface area (Å²) < 4.78 is 37.1. The molecule has 3 rings (SSSR count). The molecule has 1 aliphatic rings. The van der Waals surface area contributed by atoms with Gasteiger partial charge in [0.15, 0.2) is 0 Å². The van der Waals surface area contributed by atoms with Crippen molar-refractivity contribution in [1.82, 2.24) is 9.80 Å². The van der Waals surface area contributed by atoms with E-state index in [9.17, 15) is 4.79 Å². The van der Waals surface area contributed by atoms with Crippen molar-refractivity contribution >= 4 is 30.0 Å². The summed E-state index contributed by atoms with van der Waals surface area (Å²) in [6, 6.07) is 17.6. The van der Waals surface area contributed by atoms with E-state index in [0.29, 0.717) is 18.1 Å². The number of benzene rings is 2. The van der Waals surface area contributed by atoms with Crippen LogP contribution < -0.4 is 0 Å². The average Bonchev–Trinajstić information content (AvgIpc) is 2.75. The fourth-order valence-corrected chi connectivity index (χ4v) is 3.31. The monoisotopic (exact) mass is 428 g/mol. The van der Waals surface area contributed by atoms with Gasteiger partial charge in [-0.2, -0.15) is 0 Å². The molecule has 7 heteroatoms. The summed E-state index contributed by atoms with van der Waals surface area (Å²) in [6.07, 6.45) is 0. The Bertz CT molecular complexity index is 880. The van der Waals surface area contributed by atoms with Gasteiger partial charge in [0.1, 0.15) is 6.61 Å². The summed E-state index contributed by atoms with van der Waals surface area (Å²) in [4.78, 5) is 14.3. The molecule has 2 aromatic rings. The van der Waals surface area contributed by atoms with Crippen molar-refractivity contribution in [3.63, 3.8) is 0 Å². The molecule has 0 bridgehead atoms. The van der Waals surface area contributed by atoms with Crippen LogP contribution in [-0.4, -0.2) is 66.7 Å². The summed E-state index contributed by atoms with van der Waals surface area (Å²) in [5.41, 5.74) is 2.16. The third-order valence-electron chi connectivity index (χ3n) is 4.45. The second kappa shape index (κ2) is 11.4. The summed E-state index contributed by atoms with van der Waals surface area (Å²) in [5.74, 6) is -1.35. The Morgan fingerprint density at radius 3 is 2.29 bits per heavy atom. The third-order valence-corrected chi connectivity index (χ3v) is 4.70. The van der Waals surface area contributed by atoms with Crippen LogP contribution >= 0.6 is 24.0 Å². The van der Waals surface area contributed by atoms with E-state index in [0.717, 1.165) is 11.1 Å². The predicted molar refractivity (Wildman–Crippen MR) is 113 cm³/mol. The zero-order valence-corrected chi connectivity index (χ0v) is 16.8. The topological polar surface area (TPSA) is 53.0 Å². The highest BCUT2D eigenvalue weighted by Crippen LogP contribution is 2.30. The number of rotatable bonds is 8. The van der Waals surface area contributed by atoms with Gasteiger partial charge in [0.25, 0.3) is 0 Å². The number of hydrogen-bond acceptors (Lipinski definition) is 4. The summed E-state index contributed by atoms with van der Waals surface area (Å²) in [5, 5.41) is 9.39. The van der Waals surface area contributed by atoms with Crippen molar-refractivity contribution in [3.8, 4) is 0 Å². The summed E-state index contributed by atoms with van der Waals surface area (Å²) >= 11 is 6.06. The number of halogens is 2. The van der Waals surface area contributed by atoms with Crippen LogP contribution in [0.4, 0.5) is 0 Å². The maximum Gasteiger partial charge on any atom is 0.329 e. The molecule has 0 aliphatic carbocycles. The molecule has 0 amide bonds. The standard InChI is InChI=1S/C21H25ClN2O3.ClH/c22-19-8-6-18(7-9-19)21(17-4-2-1-3-5-17)24-12-10-23(11-13-24)14-15-27-16-20(25)26;/h1-9,21H,10-16H2,(H,25,26);1H/t21-;/m1./s1/i14D2,15D2;. The lowest BCUT2D eigenvalue weighted by Gasteiger charge is -2.39. The third kappa shape index (κ3) is 6.47. The molecule has 1 N–H and O–H groups in total. The van der Waals surface area contributed by atoms with E-state index < -0.39 is 25.6 Å². The maximum absolute atomic E-state index is 10.7. The van der Waals surface area contributed by atoms with Gasteiger partial charge in [-0.3, -0.25) is 9.80 Å². The Morgan fingerprint density at radius 2 is 1.68 bits per heavy atom. The molecule has 1 atom stereocenters. The minimum atomic E-state index is -2.76. The second-order valence-corrected chi connectivity index (χ2v) is 6.72. The highest BCUT2D eigenvalue weighted by Gasteiger charge is 2.26. The SMILES string of the molecule is Cl.[2H]C([2H])(OCC(=O)O)C([2H])([2H])N1CCN([C@H](c2ccccc2)c2ccc(Cl)cc2)CC1. The number of carboxylic acids is 1. The lowest BCUT2D eigenvalue weighted by molar-refractivity contribution is -0.142.